The van der Waals surface area contributed by atoms with Gasteiger partial charge in [-0.05, 0) is 70.6 Å². The second-order valence-electron chi connectivity index (χ2n) is 20.6. The maximum Gasteiger partial charge on any atom is 0.397 e. The molecule has 0 aromatic rings. The Morgan fingerprint density at radius 3 is 1.33 bits per heavy atom. The van der Waals surface area contributed by atoms with E-state index >= 15 is 0 Å². The van der Waals surface area contributed by atoms with E-state index in [1.165, 1.54) is 199 Å². The number of hydrogen-bond donors (Lipinski definition) is 4. The van der Waals surface area contributed by atoms with E-state index in [2.05, 4.69) is 54.5 Å². The Kier molecular flexibility index (Phi) is 47.6. The van der Waals surface area contributed by atoms with E-state index < -0.39 is 59.8 Å². The number of allylic oxidation sites excluding steroid dienone is 6. The summed E-state index contributed by atoms with van der Waals surface area (Å²) in [5.74, 6) is -0.398. The summed E-state index contributed by atoms with van der Waals surface area (Å²) in [5.41, 5.74) is 0. The van der Waals surface area contributed by atoms with E-state index in [1.54, 1.807) is 0 Å². The zero-order chi connectivity index (χ0) is 52.4. The molecule has 1 heterocycles. The summed E-state index contributed by atoms with van der Waals surface area (Å²) in [6.45, 7) is 4.03. The van der Waals surface area contributed by atoms with Gasteiger partial charge in [0.2, 0.25) is 0 Å². The van der Waals surface area contributed by atoms with Crippen molar-refractivity contribution in [3.63, 3.8) is 0 Å². The first-order chi connectivity index (χ1) is 35.1. The third kappa shape index (κ3) is 42.5. The highest BCUT2D eigenvalue weighted by Crippen LogP contribution is 2.26. The number of esters is 1. The minimum atomic E-state index is -5.07. The van der Waals surface area contributed by atoms with Crippen LogP contribution in [0.5, 0.6) is 0 Å². The third-order valence-corrected chi connectivity index (χ3v) is 14.2. The summed E-state index contributed by atoms with van der Waals surface area (Å²) < 4.78 is 59.5. The molecule has 0 amide bonds. The molecule has 4 N–H and O–H groups in total. The fraction of sp³-hybridized carbons (Fsp3) is 0.881. The zero-order valence-corrected chi connectivity index (χ0v) is 46.8. The summed E-state index contributed by atoms with van der Waals surface area (Å²) in [6.07, 6.45) is 53.2. The van der Waals surface area contributed by atoms with Crippen LogP contribution in [0.3, 0.4) is 0 Å². The molecule has 0 aromatic carbocycles. The van der Waals surface area contributed by atoms with Crippen molar-refractivity contribution in [1.82, 2.24) is 0 Å². The second-order valence-corrected chi connectivity index (χ2v) is 21.6. The van der Waals surface area contributed by atoms with E-state index in [9.17, 15) is 33.1 Å². The van der Waals surface area contributed by atoms with E-state index in [1.807, 2.05) is 0 Å². The van der Waals surface area contributed by atoms with Crippen molar-refractivity contribution in [2.24, 2.45) is 0 Å². The topological polar surface area (TPSA) is 178 Å². The number of carbonyl (C=O) groups excluding carboxylic acids is 1. The average Bonchev–Trinajstić information content (AvgIpc) is 3.36. The summed E-state index contributed by atoms with van der Waals surface area (Å²) in [6, 6.07) is 0. The molecular weight excluding hydrogens is 933 g/mol. The highest BCUT2D eigenvalue weighted by Gasteiger charge is 2.48. The van der Waals surface area contributed by atoms with Gasteiger partial charge < -0.3 is 34.3 Å². The van der Waals surface area contributed by atoms with Crippen LogP contribution in [0.25, 0.3) is 0 Å². The van der Waals surface area contributed by atoms with Crippen molar-refractivity contribution in [3.8, 4) is 0 Å². The molecule has 6 atom stereocenters. The first kappa shape index (κ1) is 68.3. The molecule has 12 nitrogen and oxygen atoms in total. The molecule has 0 saturated carbocycles. The van der Waals surface area contributed by atoms with Crippen molar-refractivity contribution >= 4 is 16.4 Å². The lowest BCUT2D eigenvalue weighted by Gasteiger charge is -2.41. The quantitative estimate of drug-likeness (QED) is 0.0196. The van der Waals surface area contributed by atoms with Gasteiger partial charge in [0, 0.05) is 13.0 Å². The predicted molar refractivity (Wildman–Crippen MR) is 294 cm³/mol. The molecule has 6 unspecified atom stereocenters. The molecule has 424 valence electrons. The van der Waals surface area contributed by atoms with Crippen molar-refractivity contribution in [3.05, 3.63) is 36.5 Å². The maximum absolute atomic E-state index is 13.0. The molecule has 72 heavy (non-hydrogen) atoms. The van der Waals surface area contributed by atoms with Crippen LogP contribution in [0.1, 0.15) is 271 Å². The summed E-state index contributed by atoms with van der Waals surface area (Å²) in [7, 11) is -5.07. The Hall–Kier alpha value is -1.68. The number of rotatable bonds is 53. The molecule has 0 aromatic heterocycles. The van der Waals surface area contributed by atoms with Gasteiger partial charge in [0.1, 0.15) is 30.5 Å². The monoisotopic (exact) mass is 1040 g/mol. The lowest BCUT2D eigenvalue weighted by Crippen LogP contribution is -2.60. The Morgan fingerprint density at radius 1 is 0.528 bits per heavy atom. The smallest absolute Gasteiger partial charge is 0.397 e. The fourth-order valence-corrected chi connectivity index (χ4v) is 9.74. The molecule has 0 radical (unpaired) electrons. The standard InChI is InChI=1S/C59H110O12S/c1-3-5-7-9-11-13-15-17-19-21-23-25-26-27-29-31-33-35-37-39-41-43-45-47-49-67-51-53(52-68-59-57(63)58(71-72(64,65)66)56(62)54(50-60)70-59)69-55(61)48-46-44-42-40-38-36-34-32-30-28-24-22-20-18-16-14-12-10-8-6-4-2/h15,17,21-24,53-54,56-60,62-63H,3-14,16,18-20,25-52H2,1-2H3,(H,64,65,66)/b17-15-,23-21-,24-22-. The van der Waals surface area contributed by atoms with Crippen LogP contribution < -0.4 is 0 Å². The Labute approximate surface area is 441 Å². The first-order valence-corrected chi connectivity index (χ1v) is 31.1. The van der Waals surface area contributed by atoms with Gasteiger partial charge in [0.05, 0.1) is 19.8 Å². The van der Waals surface area contributed by atoms with E-state index in [4.69, 9.17) is 18.9 Å². The highest BCUT2D eigenvalue weighted by molar-refractivity contribution is 7.80. The van der Waals surface area contributed by atoms with E-state index in [0.717, 1.165) is 44.9 Å². The number of ether oxygens (including phenoxy) is 4. The van der Waals surface area contributed by atoms with Crippen molar-refractivity contribution in [2.75, 3.05) is 26.4 Å². The zero-order valence-electron chi connectivity index (χ0n) is 46.0. The number of aliphatic hydroxyl groups is 3. The average molecular weight is 1040 g/mol. The lowest BCUT2D eigenvalue weighted by atomic mass is 9.99. The van der Waals surface area contributed by atoms with Crippen LogP contribution in [0.2, 0.25) is 0 Å². The van der Waals surface area contributed by atoms with Crippen LogP contribution >= 0.6 is 0 Å². The van der Waals surface area contributed by atoms with Gasteiger partial charge in [0.25, 0.3) is 0 Å². The van der Waals surface area contributed by atoms with Gasteiger partial charge in [-0.2, -0.15) is 8.42 Å². The minimum absolute atomic E-state index is 0.0365. The van der Waals surface area contributed by atoms with E-state index in [-0.39, 0.29) is 19.6 Å². The first-order valence-electron chi connectivity index (χ1n) is 29.7. The molecule has 0 aliphatic carbocycles. The molecule has 0 spiro atoms. The minimum Gasteiger partial charge on any atom is -0.457 e. The van der Waals surface area contributed by atoms with Crippen LogP contribution in [0, 0.1) is 0 Å². The second kappa shape index (κ2) is 50.2. The Bertz CT molecular complexity index is 1390. The summed E-state index contributed by atoms with van der Waals surface area (Å²) in [4.78, 5) is 13.0. The molecule has 1 aliphatic rings. The van der Waals surface area contributed by atoms with Crippen molar-refractivity contribution < 1.29 is 56.2 Å². The van der Waals surface area contributed by atoms with Crippen molar-refractivity contribution in [1.29, 1.82) is 0 Å². The highest BCUT2D eigenvalue weighted by atomic mass is 32.3. The molecular formula is C59H110O12S. The summed E-state index contributed by atoms with van der Waals surface area (Å²) in [5, 5.41) is 30.9. The number of unbranched alkanes of at least 4 members (excludes halogenated alkanes) is 34. The maximum atomic E-state index is 13.0. The fourth-order valence-electron chi connectivity index (χ4n) is 9.23. The van der Waals surface area contributed by atoms with E-state index in [0.29, 0.717) is 13.0 Å². The predicted octanol–water partition coefficient (Wildman–Crippen LogP) is 14.9. The number of aliphatic hydroxyl groups excluding tert-OH is 3. The van der Waals surface area contributed by atoms with Crippen LogP contribution in [0.4, 0.5) is 0 Å². The molecule has 1 saturated heterocycles. The molecule has 1 fully saturated rings. The van der Waals surface area contributed by atoms with Gasteiger partial charge >= 0.3 is 16.4 Å². The normalized spacial score (nSPS) is 19.1. The Balaban J connectivity index is 2.28. The van der Waals surface area contributed by atoms with Crippen molar-refractivity contribution in [2.45, 2.75) is 307 Å². The third-order valence-electron chi connectivity index (χ3n) is 13.7. The van der Waals surface area contributed by atoms with Crippen LogP contribution in [-0.2, 0) is 38.3 Å². The van der Waals surface area contributed by atoms with Gasteiger partial charge in [-0.3, -0.25) is 9.35 Å². The van der Waals surface area contributed by atoms with Gasteiger partial charge in [-0.25, -0.2) is 4.18 Å². The Morgan fingerprint density at radius 2 is 0.917 bits per heavy atom. The SMILES string of the molecule is CCCCCCC/C=C\C/C=C\CCCCCCCCCCCCCCOCC(COC1OC(CO)C(O)C(OS(=O)(=O)O)C1O)OC(=O)CCCCCCCCCCC/C=C\CCCCCCCCCC. The van der Waals surface area contributed by atoms with Gasteiger partial charge in [0.15, 0.2) is 6.29 Å². The van der Waals surface area contributed by atoms with Crippen LogP contribution in [0.15, 0.2) is 36.5 Å². The number of hydrogen-bond acceptors (Lipinski definition) is 11. The molecule has 13 heteroatoms. The van der Waals surface area contributed by atoms with Crippen LogP contribution in [-0.4, -0.2) is 97.5 Å². The largest absolute Gasteiger partial charge is 0.457 e. The lowest BCUT2D eigenvalue weighted by molar-refractivity contribution is -0.301. The number of carbonyl (C=O) groups is 1. The molecule has 1 aliphatic heterocycles. The van der Waals surface area contributed by atoms with Gasteiger partial charge in [-0.1, -0.05) is 230 Å². The molecule has 0 bridgehead atoms. The molecule has 1 rings (SSSR count). The van der Waals surface area contributed by atoms with Gasteiger partial charge in [-0.15, -0.1) is 0 Å². The summed E-state index contributed by atoms with van der Waals surface area (Å²) >= 11 is 0.